The maximum atomic E-state index is 11.9. The van der Waals surface area contributed by atoms with Crippen molar-refractivity contribution in [3.8, 4) is 0 Å². The zero-order valence-corrected chi connectivity index (χ0v) is 12.0. The number of hydrogen-bond donors (Lipinski definition) is 1. The van der Waals surface area contributed by atoms with Gasteiger partial charge >= 0.3 is 0 Å². The largest absolute Gasteiger partial charge is 0.324 e. The monoisotopic (exact) mass is 293 g/mol. The number of nitrogens with one attached hydrogen (secondary N) is 1. The van der Waals surface area contributed by atoms with Gasteiger partial charge in [0.2, 0.25) is 5.91 Å². The van der Waals surface area contributed by atoms with Crippen molar-refractivity contribution in [2.24, 2.45) is 5.92 Å². The molecule has 0 saturated heterocycles. The minimum Gasteiger partial charge on any atom is -0.324 e. The summed E-state index contributed by atoms with van der Waals surface area (Å²) in [5, 5.41) is 3.90. The predicted octanol–water partition coefficient (Wildman–Crippen LogP) is 5.02. The van der Waals surface area contributed by atoms with Crippen molar-refractivity contribution in [1.82, 2.24) is 0 Å². The van der Waals surface area contributed by atoms with Crippen molar-refractivity contribution in [3.05, 3.63) is 27.2 Å². The van der Waals surface area contributed by atoms with Gasteiger partial charge in [-0.15, -0.1) is 0 Å². The summed E-state index contributed by atoms with van der Waals surface area (Å²) >= 11 is 17.7. The van der Waals surface area contributed by atoms with Crippen LogP contribution in [0.3, 0.4) is 0 Å². The van der Waals surface area contributed by atoms with Crippen LogP contribution < -0.4 is 5.32 Å². The van der Waals surface area contributed by atoms with Gasteiger partial charge in [0.15, 0.2) is 0 Å². The number of halogens is 3. The molecule has 1 aromatic carbocycles. The molecule has 0 unspecified atom stereocenters. The van der Waals surface area contributed by atoms with E-state index >= 15 is 0 Å². The van der Waals surface area contributed by atoms with Crippen LogP contribution in [0.25, 0.3) is 0 Å². The van der Waals surface area contributed by atoms with Gasteiger partial charge in [0.1, 0.15) is 0 Å². The van der Waals surface area contributed by atoms with Crippen molar-refractivity contribution < 1.29 is 4.79 Å². The van der Waals surface area contributed by atoms with E-state index in [-0.39, 0.29) is 11.8 Å². The number of hydrogen-bond acceptors (Lipinski definition) is 1. The molecule has 0 aromatic heterocycles. The topological polar surface area (TPSA) is 29.1 Å². The molecule has 94 valence electrons. The first-order chi connectivity index (χ1) is 7.99. The normalized spacial score (nSPS) is 10.7. The molecule has 0 spiro atoms. The van der Waals surface area contributed by atoms with Crippen LogP contribution in [0.15, 0.2) is 12.1 Å². The Morgan fingerprint density at radius 1 is 1.12 bits per heavy atom. The zero-order chi connectivity index (χ0) is 13.0. The predicted molar refractivity (Wildman–Crippen MR) is 74.2 cm³/mol. The van der Waals surface area contributed by atoms with Crippen LogP contribution in [0.1, 0.15) is 26.7 Å². The van der Waals surface area contributed by atoms with Gasteiger partial charge < -0.3 is 5.32 Å². The van der Waals surface area contributed by atoms with Crippen LogP contribution >= 0.6 is 34.8 Å². The molecular weight excluding hydrogens is 280 g/mol. The van der Waals surface area contributed by atoms with E-state index in [1.54, 1.807) is 6.07 Å². The van der Waals surface area contributed by atoms with Crippen LogP contribution in [-0.2, 0) is 4.79 Å². The Kier molecular flexibility index (Phi) is 5.57. The second-order valence-corrected chi connectivity index (χ2v) is 4.97. The molecule has 2 nitrogen and oxygen atoms in total. The highest BCUT2D eigenvalue weighted by Gasteiger charge is 2.16. The minimum absolute atomic E-state index is 0.0134. The molecule has 0 heterocycles. The molecule has 0 aliphatic rings. The summed E-state index contributed by atoms with van der Waals surface area (Å²) in [6.45, 7) is 3.95. The quantitative estimate of drug-likeness (QED) is 0.776. The number of carbonyl (C=O) groups is 1. The first kappa shape index (κ1) is 14.6. The summed E-state index contributed by atoms with van der Waals surface area (Å²) in [5.41, 5.74) is 0.498. The molecule has 0 atom stereocenters. The van der Waals surface area contributed by atoms with Crippen LogP contribution in [0, 0.1) is 5.92 Å². The lowest BCUT2D eigenvalue weighted by Gasteiger charge is -2.14. The Labute approximate surface area is 116 Å². The first-order valence-electron chi connectivity index (χ1n) is 5.45. The van der Waals surface area contributed by atoms with Gasteiger partial charge in [-0.2, -0.15) is 0 Å². The Morgan fingerprint density at radius 3 is 2.18 bits per heavy atom. The maximum absolute atomic E-state index is 11.9. The molecule has 0 radical (unpaired) electrons. The van der Waals surface area contributed by atoms with Gasteiger partial charge in [0, 0.05) is 5.92 Å². The van der Waals surface area contributed by atoms with Gasteiger partial charge in [-0.25, -0.2) is 0 Å². The number of anilines is 1. The molecule has 5 heteroatoms. The van der Waals surface area contributed by atoms with Crippen molar-refractivity contribution in [2.45, 2.75) is 26.7 Å². The molecule has 0 bridgehead atoms. The highest BCUT2D eigenvalue weighted by molar-refractivity contribution is 6.44. The summed E-state index contributed by atoms with van der Waals surface area (Å²) < 4.78 is 0. The maximum Gasteiger partial charge on any atom is 0.227 e. The number of rotatable bonds is 4. The van der Waals surface area contributed by atoms with E-state index in [1.807, 2.05) is 13.8 Å². The third-order valence-electron chi connectivity index (χ3n) is 2.62. The van der Waals surface area contributed by atoms with Crippen LogP contribution in [0.5, 0.6) is 0 Å². The van der Waals surface area contributed by atoms with Crippen molar-refractivity contribution >= 4 is 46.4 Å². The summed E-state index contributed by atoms with van der Waals surface area (Å²) in [6.07, 6.45) is 1.59. The van der Waals surface area contributed by atoms with E-state index in [2.05, 4.69) is 5.32 Å². The molecule has 0 aliphatic heterocycles. The smallest absolute Gasteiger partial charge is 0.227 e. The van der Waals surface area contributed by atoms with Crippen molar-refractivity contribution in [3.63, 3.8) is 0 Å². The summed E-state index contributed by atoms with van der Waals surface area (Å²) in [7, 11) is 0. The van der Waals surface area contributed by atoms with Crippen LogP contribution in [-0.4, -0.2) is 5.91 Å². The molecule has 1 aromatic rings. The second kappa shape index (κ2) is 6.48. The molecule has 0 aliphatic carbocycles. The zero-order valence-electron chi connectivity index (χ0n) is 9.69. The molecule has 0 fully saturated rings. The van der Waals surface area contributed by atoms with E-state index in [9.17, 15) is 4.79 Å². The van der Waals surface area contributed by atoms with Crippen molar-refractivity contribution in [1.29, 1.82) is 0 Å². The highest BCUT2D eigenvalue weighted by atomic mass is 35.5. The van der Waals surface area contributed by atoms with Crippen molar-refractivity contribution in [2.75, 3.05) is 5.32 Å². The van der Waals surface area contributed by atoms with Gasteiger partial charge in [0.05, 0.1) is 20.8 Å². The molecular formula is C12H14Cl3NO. The Morgan fingerprint density at radius 2 is 1.65 bits per heavy atom. The molecule has 1 amide bonds. The highest BCUT2D eigenvalue weighted by Crippen LogP contribution is 2.32. The standard InChI is InChI=1S/C12H14Cl3NO/c1-3-7(4-2)12(17)16-11-6-9(14)8(13)5-10(11)15/h5-7H,3-4H2,1-2H3,(H,16,17). The lowest BCUT2D eigenvalue weighted by atomic mass is 10.0. The Bertz CT molecular complexity index is 416. The molecule has 17 heavy (non-hydrogen) atoms. The SMILES string of the molecule is CCC(CC)C(=O)Nc1cc(Cl)c(Cl)cc1Cl. The van der Waals surface area contributed by atoms with E-state index in [0.29, 0.717) is 20.8 Å². The number of amides is 1. The summed E-state index contributed by atoms with van der Waals surface area (Å²) in [4.78, 5) is 11.9. The average Bonchev–Trinajstić information content (AvgIpc) is 2.27. The second-order valence-electron chi connectivity index (χ2n) is 3.75. The van der Waals surface area contributed by atoms with Crippen LogP contribution in [0.4, 0.5) is 5.69 Å². The fourth-order valence-electron chi connectivity index (χ4n) is 1.51. The van der Waals surface area contributed by atoms with Gasteiger partial charge in [-0.3, -0.25) is 4.79 Å². The van der Waals surface area contributed by atoms with E-state index in [1.165, 1.54) is 6.07 Å². The Hall–Kier alpha value is -0.440. The average molecular weight is 295 g/mol. The fourth-order valence-corrected chi connectivity index (χ4v) is 2.11. The Balaban J connectivity index is 2.88. The van der Waals surface area contributed by atoms with E-state index < -0.39 is 0 Å². The lowest BCUT2D eigenvalue weighted by molar-refractivity contribution is -0.120. The van der Waals surface area contributed by atoms with E-state index in [4.69, 9.17) is 34.8 Å². The van der Waals surface area contributed by atoms with Crippen LogP contribution in [0.2, 0.25) is 15.1 Å². The number of benzene rings is 1. The summed E-state index contributed by atoms with van der Waals surface area (Å²) in [6, 6.07) is 3.08. The number of carbonyl (C=O) groups excluding carboxylic acids is 1. The van der Waals surface area contributed by atoms with Gasteiger partial charge in [-0.1, -0.05) is 48.7 Å². The lowest BCUT2D eigenvalue weighted by Crippen LogP contribution is -2.21. The minimum atomic E-state index is -0.0460. The van der Waals surface area contributed by atoms with Gasteiger partial charge in [-0.05, 0) is 25.0 Å². The molecule has 1 rings (SSSR count). The third-order valence-corrected chi connectivity index (χ3v) is 3.66. The molecule has 1 N–H and O–H groups in total. The fraction of sp³-hybridized carbons (Fsp3) is 0.417. The molecule has 0 saturated carbocycles. The van der Waals surface area contributed by atoms with E-state index in [0.717, 1.165) is 12.8 Å². The van der Waals surface area contributed by atoms with Gasteiger partial charge in [0.25, 0.3) is 0 Å². The third kappa shape index (κ3) is 3.77. The summed E-state index contributed by atoms with van der Waals surface area (Å²) in [5.74, 6) is -0.0594. The first-order valence-corrected chi connectivity index (χ1v) is 6.58.